The molecule has 11 heteroatoms. The number of imidazole rings is 1. The topological polar surface area (TPSA) is 92.3 Å². The van der Waals surface area contributed by atoms with Gasteiger partial charge in [-0.3, -0.25) is 18.5 Å². The van der Waals surface area contributed by atoms with Crippen LogP contribution in [0, 0.1) is 0 Å². The zero-order valence-electron chi connectivity index (χ0n) is 17.8. The molecule has 0 radical (unpaired) electrons. The maximum absolute atomic E-state index is 13.1. The molecule has 0 unspecified atom stereocenters. The molecule has 0 saturated carbocycles. The number of ether oxygens (including phenoxy) is 2. The summed E-state index contributed by atoms with van der Waals surface area (Å²) in [6.07, 6.45) is 0. The van der Waals surface area contributed by atoms with Gasteiger partial charge in [-0.25, -0.2) is 4.79 Å². The SMILES string of the molecule is Cn1c(=O)c2c(nc(NCc3ccc4c(c3)OCO4)n2Cc2c(Cl)cccc2Cl)n(C)c1=O. The third kappa shape index (κ3) is 3.63. The molecule has 0 saturated heterocycles. The molecule has 0 fully saturated rings. The van der Waals surface area contributed by atoms with Gasteiger partial charge in [0.1, 0.15) is 0 Å². The average molecular weight is 488 g/mol. The van der Waals surface area contributed by atoms with Gasteiger partial charge in [-0.05, 0) is 29.8 Å². The molecule has 0 aliphatic carbocycles. The van der Waals surface area contributed by atoms with E-state index in [9.17, 15) is 9.59 Å². The van der Waals surface area contributed by atoms with E-state index in [2.05, 4.69) is 10.3 Å². The summed E-state index contributed by atoms with van der Waals surface area (Å²) in [5.74, 6) is 1.76. The number of rotatable bonds is 5. The van der Waals surface area contributed by atoms with Crippen LogP contribution >= 0.6 is 23.2 Å². The van der Waals surface area contributed by atoms with Gasteiger partial charge >= 0.3 is 5.69 Å². The van der Waals surface area contributed by atoms with Crippen LogP contribution in [0.1, 0.15) is 11.1 Å². The number of anilines is 1. The summed E-state index contributed by atoms with van der Waals surface area (Å²) in [6.45, 7) is 0.772. The van der Waals surface area contributed by atoms with Crippen molar-refractivity contribution >= 4 is 40.3 Å². The molecule has 0 amide bonds. The van der Waals surface area contributed by atoms with E-state index in [-0.39, 0.29) is 24.5 Å². The standard InChI is InChI=1S/C22H19Cl2N5O4/c1-27-19-18(20(30)28(2)22(27)31)29(10-13-14(23)4-3-5-15(13)24)21(26-19)25-9-12-6-7-16-17(8-12)33-11-32-16/h3-8H,9-11H2,1-2H3,(H,25,26). The summed E-state index contributed by atoms with van der Waals surface area (Å²) in [7, 11) is 3.01. The number of halogens is 2. The summed E-state index contributed by atoms with van der Waals surface area (Å²) in [4.78, 5) is 30.1. The minimum absolute atomic E-state index is 0.186. The molecule has 5 rings (SSSR count). The molecule has 33 heavy (non-hydrogen) atoms. The number of nitrogens with zero attached hydrogens (tertiary/aromatic N) is 4. The van der Waals surface area contributed by atoms with Crippen LogP contribution in [0.15, 0.2) is 46.0 Å². The molecule has 1 aliphatic heterocycles. The predicted octanol–water partition coefficient (Wildman–Crippen LogP) is 3.13. The zero-order valence-corrected chi connectivity index (χ0v) is 19.3. The summed E-state index contributed by atoms with van der Waals surface area (Å²) in [6, 6.07) is 10.8. The number of hydrogen-bond donors (Lipinski definition) is 1. The van der Waals surface area contributed by atoms with Crippen molar-refractivity contribution in [3.05, 3.63) is 78.4 Å². The molecule has 3 heterocycles. The lowest BCUT2D eigenvalue weighted by Gasteiger charge is -2.13. The zero-order chi connectivity index (χ0) is 23.3. The average Bonchev–Trinajstić information content (AvgIpc) is 3.41. The number of aryl methyl sites for hydroxylation is 1. The molecular weight excluding hydrogens is 469 g/mol. The van der Waals surface area contributed by atoms with Gasteiger partial charge in [0.25, 0.3) is 5.56 Å². The van der Waals surface area contributed by atoms with Crippen molar-refractivity contribution in [2.75, 3.05) is 12.1 Å². The van der Waals surface area contributed by atoms with E-state index in [4.69, 9.17) is 32.7 Å². The quantitative estimate of drug-likeness (QED) is 0.464. The van der Waals surface area contributed by atoms with Crippen LogP contribution in [-0.4, -0.2) is 25.5 Å². The Bertz CT molecular complexity index is 1500. The first-order valence-corrected chi connectivity index (χ1v) is 10.8. The molecular formula is C22H19Cl2N5O4. The molecule has 0 atom stereocenters. The molecule has 170 valence electrons. The molecule has 9 nitrogen and oxygen atoms in total. The van der Waals surface area contributed by atoms with Crippen LogP contribution in [0.3, 0.4) is 0 Å². The summed E-state index contributed by atoms with van der Waals surface area (Å²) in [5.41, 5.74) is 1.18. The van der Waals surface area contributed by atoms with Crippen molar-refractivity contribution < 1.29 is 9.47 Å². The summed E-state index contributed by atoms with van der Waals surface area (Å²) >= 11 is 12.8. The van der Waals surface area contributed by atoms with Gasteiger partial charge in [-0.15, -0.1) is 0 Å². The number of fused-ring (bicyclic) bond motifs is 2. The normalized spacial score (nSPS) is 12.5. The smallest absolute Gasteiger partial charge is 0.332 e. The minimum Gasteiger partial charge on any atom is -0.454 e. The van der Waals surface area contributed by atoms with Crippen molar-refractivity contribution in [2.24, 2.45) is 14.1 Å². The van der Waals surface area contributed by atoms with E-state index in [0.717, 1.165) is 10.1 Å². The highest BCUT2D eigenvalue weighted by atomic mass is 35.5. The first-order chi connectivity index (χ1) is 15.8. The lowest BCUT2D eigenvalue weighted by molar-refractivity contribution is 0.174. The van der Waals surface area contributed by atoms with E-state index in [0.29, 0.717) is 39.6 Å². The van der Waals surface area contributed by atoms with E-state index >= 15 is 0 Å². The van der Waals surface area contributed by atoms with Gasteiger partial charge in [-0.1, -0.05) is 35.3 Å². The molecule has 0 bridgehead atoms. The molecule has 1 aliphatic rings. The van der Waals surface area contributed by atoms with Crippen LogP contribution < -0.4 is 26.0 Å². The van der Waals surface area contributed by atoms with Crippen molar-refractivity contribution in [2.45, 2.75) is 13.1 Å². The Morgan fingerprint density at radius 3 is 2.52 bits per heavy atom. The maximum atomic E-state index is 13.1. The van der Waals surface area contributed by atoms with Gasteiger partial charge in [0.15, 0.2) is 22.7 Å². The molecule has 0 spiro atoms. The molecule has 4 aromatic rings. The summed E-state index contributed by atoms with van der Waals surface area (Å²) < 4.78 is 14.9. The Labute approximate surface area is 197 Å². The fraction of sp³-hybridized carbons (Fsp3) is 0.227. The van der Waals surface area contributed by atoms with Gasteiger partial charge in [0.2, 0.25) is 12.7 Å². The van der Waals surface area contributed by atoms with Crippen molar-refractivity contribution in [3.8, 4) is 11.5 Å². The molecule has 2 aromatic heterocycles. The number of benzene rings is 2. The fourth-order valence-electron chi connectivity index (χ4n) is 3.81. The van der Waals surface area contributed by atoms with Crippen LogP contribution in [0.2, 0.25) is 10.0 Å². The van der Waals surface area contributed by atoms with Crippen molar-refractivity contribution in [1.29, 1.82) is 0 Å². The monoisotopic (exact) mass is 487 g/mol. The second-order valence-corrected chi connectivity index (χ2v) is 8.46. The van der Waals surface area contributed by atoms with Crippen LogP contribution in [0.5, 0.6) is 11.5 Å². The molecule has 2 aromatic carbocycles. The predicted molar refractivity (Wildman–Crippen MR) is 126 cm³/mol. The Morgan fingerprint density at radius 2 is 1.76 bits per heavy atom. The Balaban J connectivity index is 1.62. The van der Waals surface area contributed by atoms with Crippen molar-refractivity contribution in [3.63, 3.8) is 0 Å². The lowest BCUT2D eigenvalue weighted by atomic mass is 10.2. The largest absolute Gasteiger partial charge is 0.454 e. The second kappa shape index (κ2) is 8.17. The fourth-order valence-corrected chi connectivity index (χ4v) is 4.33. The first kappa shape index (κ1) is 21.4. The highest BCUT2D eigenvalue weighted by molar-refractivity contribution is 6.36. The number of hydrogen-bond acceptors (Lipinski definition) is 6. The van der Waals surface area contributed by atoms with E-state index in [1.54, 1.807) is 29.8 Å². The Hall–Kier alpha value is -3.43. The lowest BCUT2D eigenvalue weighted by Crippen LogP contribution is -2.37. The first-order valence-electron chi connectivity index (χ1n) is 10.1. The van der Waals surface area contributed by atoms with E-state index < -0.39 is 11.2 Å². The number of nitrogens with one attached hydrogen (secondary N) is 1. The second-order valence-electron chi connectivity index (χ2n) is 7.64. The van der Waals surface area contributed by atoms with Crippen LogP contribution in [-0.2, 0) is 27.2 Å². The summed E-state index contributed by atoms with van der Waals surface area (Å²) in [5, 5.41) is 4.20. The molecule has 1 N–H and O–H groups in total. The van der Waals surface area contributed by atoms with Gasteiger partial charge < -0.3 is 14.8 Å². The minimum atomic E-state index is -0.463. The highest BCUT2D eigenvalue weighted by Crippen LogP contribution is 2.33. The van der Waals surface area contributed by atoms with Crippen LogP contribution in [0.4, 0.5) is 5.95 Å². The third-order valence-electron chi connectivity index (χ3n) is 5.61. The van der Waals surface area contributed by atoms with Crippen LogP contribution in [0.25, 0.3) is 11.2 Å². The number of aromatic nitrogens is 4. The maximum Gasteiger partial charge on any atom is 0.332 e. The van der Waals surface area contributed by atoms with E-state index in [1.807, 2.05) is 18.2 Å². The van der Waals surface area contributed by atoms with Gasteiger partial charge in [-0.2, -0.15) is 4.98 Å². The van der Waals surface area contributed by atoms with E-state index in [1.165, 1.54) is 11.6 Å². The van der Waals surface area contributed by atoms with Gasteiger partial charge in [0.05, 0.1) is 6.54 Å². The third-order valence-corrected chi connectivity index (χ3v) is 6.32. The highest BCUT2D eigenvalue weighted by Gasteiger charge is 2.21. The van der Waals surface area contributed by atoms with Crippen molar-refractivity contribution in [1.82, 2.24) is 18.7 Å². The van der Waals surface area contributed by atoms with Gasteiger partial charge in [0, 0.05) is 36.2 Å². The Kier molecular flexibility index (Phi) is 5.30. The Morgan fingerprint density at radius 1 is 1.03 bits per heavy atom.